The van der Waals surface area contributed by atoms with Crippen molar-refractivity contribution in [2.24, 2.45) is 0 Å². The predicted octanol–water partition coefficient (Wildman–Crippen LogP) is 5.03. The molecule has 1 heterocycles. The van der Waals surface area contributed by atoms with Gasteiger partial charge in [-0.15, -0.1) is 0 Å². The zero-order valence-corrected chi connectivity index (χ0v) is 20.5. The summed E-state index contributed by atoms with van der Waals surface area (Å²) in [6.07, 6.45) is 6.50. The number of hydrogen-bond donors (Lipinski definition) is 2. The van der Waals surface area contributed by atoms with E-state index in [-0.39, 0.29) is 11.8 Å². The van der Waals surface area contributed by atoms with Crippen molar-refractivity contribution in [1.82, 2.24) is 15.5 Å². The Labute approximate surface area is 203 Å². The Balaban J connectivity index is 1.65. The van der Waals surface area contributed by atoms with E-state index in [1.165, 1.54) is 24.0 Å². The van der Waals surface area contributed by atoms with Crippen molar-refractivity contribution in [3.8, 4) is 0 Å². The van der Waals surface area contributed by atoms with E-state index in [9.17, 15) is 9.59 Å². The van der Waals surface area contributed by atoms with Gasteiger partial charge in [-0.3, -0.25) is 9.59 Å². The van der Waals surface area contributed by atoms with E-state index in [4.69, 9.17) is 0 Å². The summed E-state index contributed by atoms with van der Waals surface area (Å²) in [4.78, 5) is 27.6. The van der Waals surface area contributed by atoms with Crippen LogP contribution in [0.15, 0.2) is 54.1 Å². The van der Waals surface area contributed by atoms with Crippen molar-refractivity contribution in [3.63, 3.8) is 0 Å². The molecule has 0 radical (unpaired) electrons. The molecule has 0 unspecified atom stereocenters. The van der Waals surface area contributed by atoms with Crippen LogP contribution in [0.5, 0.6) is 0 Å². The van der Waals surface area contributed by atoms with Gasteiger partial charge in [-0.25, -0.2) is 0 Å². The monoisotopic (exact) mass is 459 g/mol. The Kier molecular flexibility index (Phi) is 8.17. The van der Waals surface area contributed by atoms with Gasteiger partial charge < -0.3 is 15.5 Å². The molecular weight excluding hydrogens is 422 g/mol. The van der Waals surface area contributed by atoms with Crippen LogP contribution in [-0.2, 0) is 0 Å². The molecule has 0 aromatic heterocycles. The van der Waals surface area contributed by atoms with Crippen molar-refractivity contribution >= 4 is 17.4 Å². The van der Waals surface area contributed by atoms with E-state index in [1.807, 2.05) is 49.1 Å². The highest BCUT2D eigenvalue weighted by Gasteiger charge is 2.20. The number of nitrogens with one attached hydrogen (secondary N) is 2. The van der Waals surface area contributed by atoms with Crippen LogP contribution in [0.3, 0.4) is 0 Å². The molecular formula is C29H37N3O2. The molecule has 2 N–H and O–H groups in total. The van der Waals surface area contributed by atoms with Crippen LogP contribution < -0.4 is 10.6 Å². The molecule has 4 rings (SSSR count). The lowest BCUT2D eigenvalue weighted by Crippen LogP contribution is -2.32. The van der Waals surface area contributed by atoms with Crippen molar-refractivity contribution in [2.75, 3.05) is 26.2 Å². The molecule has 180 valence electrons. The quantitative estimate of drug-likeness (QED) is 0.611. The SMILES string of the molecule is CCN(CC)C(=O)c1ccc(C(=C2CCNCC2)c2cccc(C(=O)NC3CCCC3)c2)cc1. The average Bonchev–Trinajstić information content (AvgIpc) is 3.39. The number of hydrogen-bond acceptors (Lipinski definition) is 3. The highest BCUT2D eigenvalue weighted by molar-refractivity contribution is 5.97. The van der Waals surface area contributed by atoms with Gasteiger partial charge in [-0.05, 0) is 93.6 Å². The maximum atomic E-state index is 12.9. The van der Waals surface area contributed by atoms with Gasteiger partial charge in [0.15, 0.2) is 0 Å². The maximum absolute atomic E-state index is 12.9. The van der Waals surface area contributed by atoms with E-state index >= 15 is 0 Å². The first-order valence-corrected chi connectivity index (χ1v) is 12.8. The second-order valence-electron chi connectivity index (χ2n) is 9.32. The van der Waals surface area contributed by atoms with Gasteiger partial charge in [0, 0.05) is 30.3 Å². The zero-order chi connectivity index (χ0) is 23.9. The first-order valence-electron chi connectivity index (χ1n) is 12.8. The fraction of sp³-hybridized carbons (Fsp3) is 0.448. The Morgan fingerprint density at radius 1 is 0.882 bits per heavy atom. The third-order valence-corrected chi connectivity index (χ3v) is 7.14. The molecule has 2 fully saturated rings. The van der Waals surface area contributed by atoms with E-state index in [1.54, 1.807) is 0 Å². The minimum Gasteiger partial charge on any atom is -0.349 e. The van der Waals surface area contributed by atoms with Gasteiger partial charge in [0.1, 0.15) is 0 Å². The molecule has 2 amide bonds. The van der Waals surface area contributed by atoms with Crippen LogP contribution in [0, 0.1) is 0 Å². The largest absolute Gasteiger partial charge is 0.349 e. The van der Waals surface area contributed by atoms with Gasteiger partial charge in [-0.1, -0.05) is 42.7 Å². The lowest BCUT2D eigenvalue weighted by molar-refractivity contribution is 0.0772. The number of carbonyl (C=O) groups excluding carboxylic acids is 2. The normalized spacial score (nSPS) is 16.4. The van der Waals surface area contributed by atoms with Gasteiger partial charge in [0.05, 0.1) is 0 Å². The van der Waals surface area contributed by atoms with E-state index < -0.39 is 0 Å². The summed E-state index contributed by atoms with van der Waals surface area (Å²) in [6, 6.07) is 16.3. The smallest absolute Gasteiger partial charge is 0.253 e. The molecule has 34 heavy (non-hydrogen) atoms. The number of piperidine rings is 1. The van der Waals surface area contributed by atoms with Crippen molar-refractivity contribution in [3.05, 3.63) is 76.4 Å². The molecule has 1 aliphatic carbocycles. The summed E-state index contributed by atoms with van der Waals surface area (Å²) in [5.74, 6) is 0.0850. The number of amides is 2. The standard InChI is InChI=1S/C29H37N3O2/c1-3-32(4-2)29(34)23-14-12-21(13-15-23)27(22-16-18-30-19-17-22)24-8-7-9-25(20-24)28(33)31-26-10-5-6-11-26/h7-9,12-15,20,26,30H,3-6,10-11,16-19H2,1-2H3,(H,31,33). The lowest BCUT2D eigenvalue weighted by Gasteiger charge is -2.22. The number of benzene rings is 2. The number of carbonyl (C=O) groups is 2. The molecule has 1 saturated heterocycles. The molecule has 1 saturated carbocycles. The highest BCUT2D eigenvalue weighted by atomic mass is 16.2. The second-order valence-corrected chi connectivity index (χ2v) is 9.32. The van der Waals surface area contributed by atoms with Crippen molar-refractivity contribution in [1.29, 1.82) is 0 Å². The molecule has 0 bridgehead atoms. The first-order chi connectivity index (χ1) is 16.6. The molecule has 0 atom stereocenters. The van der Waals surface area contributed by atoms with Crippen molar-refractivity contribution < 1.29 is 9.59 Å². The summed E-state index contributed by atoms with van der Waals surface area (Å²) >= 11 is 0. The molecule has 5 nitrogen and oxygen atoms in total. The Hall–Kier alpha value is -2.92. The van der Waals surface area contributed by atoms with Crippen LogP contribution in [0.25, 0.3) is 5.57 Å². The Morgan fingerprint density at radius 3 is 2.15 bits per heavy atom. The molecule has 5 heteroatoms. The molecule has 2 aliphatic rings. The molecule has 1 aliphatic heterocycles. The van der Waals surface area contributed by atoms with Crippen LogP contribution in [0.1, 0.15) is 84.2 Å². The maximum Gasteiger partial charge on any atom is 0.253 e. The fourth-order valence-corrected chi connectivity index (χ4v) is 5.18. The van der Waals surface area contributed by atoms with Gasteiger partial charge in [0.2, 0.25) is 0 Å². The molecule has 2 aromatic rings. The van der Waals surface area contributed by atoms with E-state index in [2.05, 4.69) is 28.8 Å². The third-order valence-electron chi connectivity index (χ3n) is 7.14. The summed E-state index contributed by atoms with van der Waals surface area (Å²) in [5.41, 5.74) is 6.19. The van der Waals surface area contributed by atoms with Gasteiger partial charge in [0.25, 0.3) is 11.8 Å². The highest BCUT2D eigenvalue weighted by Crippen LogP contribution is 2.32. The summed E-state index contributed by atoms with van der Waals surface area (Å²) in [6.45, 7) is 7.33. The number of rotatable bonds is 7. The van der Waals surface area contributed by atoms with Crippen LogP contribution in [-0.4, -0.2) is 48.9 Å². The number of nitrogens with zero attached hydrogens (tertiary/aromatic N) is 1. The topological polar surface area (TPSA) is 61.4 Å². The summed E-state index contributed by atoms with van der Waals surface area (Å²) in [7, 11) is 0. The third kappa shape index (κ3) is 5.58. The minimum absolute atomic E-state index is 0.0172. The lowest BCUT2D eigenvalue weighted by atomic mass is 9.87. The van der Waals surface area contributed by atoms with E-state index in [0.29, 0.717) is 30.3 Å². The minimum atomic E-state index is 0.0172. The Bertz CT molecular complexity index is 1020. The predicted molar refractivity (Wildman–Crippen MR) is 138 cm³/mol. The second kappa shape index (κ2) is 11.5. The van der Waals surface area contributed by atoms with Gasteiger partial charge >= 0.3 is 0 Å². The first kappa shape index (κ1) is 24.2. The fourth-order valence-electron chi connectivity index (χ4n) is 5.18. The Morgan fingerprint density at radius 2 is 1.50 bits per heavy atom. The summed E-state index contributed by atoms with van der Waals surface area (Å²) < 4.78 is 0. The van der Waals surface area contributed by atoms with Crippen LogP contribution >= 0.6 is 0 Å². The zero-order valence-electron chi connectivity index (χ0n) is 20.5. The van der Waals surface area contributed by atoms with E-state index in [0.717, 1.165) is 49.9 Å². The molecule has 2 aromatic carbocycles. The van der Waals surface area contributed by atoms with Gasteiger partial charge in [-0.2, -0.15) is 0 Å². The van der Waals surface area contributed by atoms with Crippen LogP contribution in [0.2, 0.25) is 0 Å². The van der Waals surface area contributed by atoms with Crippen molar-refractivity contribution in [2.45, 2.75) is 58.4 Å². The average molecular weight is 460 g/mol. The van der Waals surface area contributed by atoms with Crippen LogP contribution in [0.4, 0.5) is 0 Å². The summed E-state index contributed by atoms with van der Waals surface area (Å²) in [5, 5.41) is 6.66. The molecule has 0 spiro atoms.